The Kier molecular flexibility index (Phi) is 4.34. The molecule has 2 N–H and O–H groups in total. The molecule has 0 saturated carbocycles. The van der Waals surface area contributed by atoms with Gasteiger partial charge in [0.1, 0.15) is 11.6 Å². The fraction of sp³-hybridized carbons (Fsp3) is 0.312. The molecule has 9 heteroatoms. The number of anilines is 1. The van der Waals surface area contributed by atoms with Crippen molar-refractivity contribution in [3.63, 3.8) is 0 Å². The van der Waals surface area contributed by atoms with Crippen LogP contribution in [0.1, 0.15) is 12.2 Å². The smallest absolute Gasteiger partial charge is 0.374 e. The number of alkyl halides is 3. The summed E-state index contributed by atoms with van der Waals surface area (Å²) in [4.78, 5) is 12.1. The quantitative estimate of drug-likeness (QED) is 0.739. The molecule has 1 atom stereocenters. The third-order valence-electron chi connectivity index (χ3n) is 3.90. The summed E-state index contributed by atoms with van der Waals surface area (Å²) in [7, 11) is 1.40. The second-order valence-electron chi connectivity index (χ2n) is 5.64. The third-order valence-corrected chi connectivity index (χ3v) is 3.90. The minimum Gasteiger partial charge on any atom is -0.374 e. The average molecular weight is 351 g/mol. The van der Waals surface area contributed by atoms with Gasteiger partial charge in [0.25, 0.3) is 0 Å². The van der Waals surface area contributed by atoms with Crippen LogP contribution in [0.5, 0.6) is 0 Å². The van der Waals surface area contributed by atoms with Gasteiger partial charge in [0.05, 0.1) is 17.2 Å². The predicted molar refractivity (Wildman–Crippen MR) is 85.8 cm³/mol. The zero-order valence-electron chi connectivity index (χ0n) is 13.3. The molecule has 25 heavy (non-hydrogen) atoms. The van der Waals surface area contributed by atoms with Crippen molar-refractivity contribution in [1.29, 1.82) is 0 Å². The van der Waals surface area contributed by atoms with E-state index in [0.29, 0.717) is 16.9 Å². The van der Waals surface area contributed by atoms with Gasteiger partial charge in [0.15, 0.2) is 0 Å². The summed E-state index contributed by atoms with van der Waals surface area (Å²) in [5.41, 5.74) is -1.74. The van der Waals surface area contributed by atoms with Crippen molar-refractivity contribution in [2.75, 3.05) is 11.9 Å². The molecule has 0 aliphatic heterocycles. The number of imidazole rings is 1. The van der Waals surface area contributed by atoms with Gasteiger partial charge in [0.2, 0.25) is 5.60 Å². The number of nitrogens with zero attached hydrogens (tertiary/aromatic N) is 4. The van der Waals surface area contributed by atoms with E-state index in [1.165, 1.54) is 25.6 Å². The zero-order valence-corrected chi connectivity index (χ0v) is 13.3. The molecule has 0 fully saturated rings. The van der Waals surface area contributed by atoms with E-state index in [1.807, 2.05) is 6.07 Å². The van der Waals surface area contributed by atoms with Gasteiger partial charge in [-0.3, -0.25) is 4.98 Å². The average Bonchev–Trinajstić information content (AvgIpc) is 3.00. The van der Waals surface area contributed by atoms with Crippen molar-refractivity contribution >= 4 is 16.9 Å². The number of aromatic nitrogens is 4. The van der Waals surface area contributed by atoms with Crippen molar-refractivity contribution in [3.8, 4) is 0 Å². The highest BCUT2D eigenvalue weighted by atomic mass is 19.4. The summed E-state index contributed by atoms with van der Waals surface area (Å²) in [5.74, 6) is -0.116. The van der Waals surface area contributed by atoms with Gasteiger partial charge in [-0.1, -0.05) is 12.1 Å². The van der Waals surface area contributed by atoms with Crippen LogP contribution in [0.4, 0.5) is 19.0 Å². The molecule has 1 unspecified atom stereocenters. The van der Waals surface area contributed by atoms with Gasteiger partial charge in [-0.05, 0) is 12.1 Å². The number of aliphatic hydroxyl groups is 1. The molecule has 6 nitrogen and oxygen atoms in total. The molecule has 0 aliphatic rings. The first kappa shape index (κ1) is 17.2. The molecule has 1 aromatic carbocycles. The van der Waals surface area contributed by atoms with Crippen LogP contribution in [0.25, 0.3) is 11.0 Å². The molecule has 2 aromatic heterocycles. The topological polar surface area (TPSA) is 75.9 Å². The van der Waals surface area contributed by atoms with Crippen LogP contribution in [-0.2, 0) is 12.6 Å². The number of benzene rings is 1. The Hall–Kier alpha value is -2.68. The van der Waals surface area contributed by atoms with Crippen molar-refractivity contribution in [2.45, 2.75) is 18.2 Å². The summed E-state index contributed by atoms with van der Waals surface area (Å²) in [6.07, 6.45) is -1.46. The number of rotatable bonds is 5. The lowest BCUT2D eigenvalue weighted by Crippen LogP contribution is -2.45. The van der Waals surface area contributed by atoms with Gasteiger partial charge in [-0.15, -0.1) is 0 Å². The molecule has 0 radical (unpaired) electrons. The molecule has 0 spiro atoms. The molecular formula is C16H16F3N5O. The van der Waals surface area contributed by atoms with Crippen molar-refractivity contribution in [3.05, 3.63) is 48.7 Å². The Morgan fingerprint density at radius 3 is 2.52 bits per heavy atom. The fourth-order valence-electron chi connectivity index (χ4n) is 2.56. The molecule has 0 aliphatic carbocycles. The van der Waals surface area contributed by atoms with Crippen molar-refractivity contribution < 1.29 is 18.3 Å². The summed E-state index contributed by atoms with van der Waals surface area (Å²) >= 11 is 0. The van der Waals surface area contributed by atoms with E-state index in [1.54, 1.807) is 18.2 Å². The van der Waals surface area contributed by atoms with Crippen molar-refractivity contribution in [1.82, 2.24) is 19.5 Å². The molecule has 132 valence electrons. The van der Waals surface area contributed by atoms with Gasteiger partial charge >= 0.3 is 6.18 Å². The maximum Gasteiger partial charge on any atom is 0.424 e. The van der Waals surface area contributed by atoms with Crippen molar-refractivity contribution in [2.24, 2.45) is 7.05 Å². The SMILES string of the molecule is Cn1ccnc1C(O)(CCNc1cnc2ccccc2n1)C(F)(F)F. The Morgan fingerprint density at radius 1 is 1.16 bits per heavy atom. The second kappa shape index (κ2) is 6.32. The van der Waals surface area contributed by atoms with E-state index in [4.69, 9.17) is 0 Å². The maximum atomic E-state index is 13.4. The monoisotopic (exact) mass is 351 g/mol. The highest BCUT2D eigenvalue weighted by molar-refractivity contribution is 5.75. The Labute approximate surface area is 141 Å². The van der Waals surface area contributed by atoms with Crippen LogP contribution in [0.15, 0.2) is 42.9 Å². The van der Waals surface area contributed by atoms with Crippen LogP contribution >= 0.6 is 0 Å². The lowest BCUT2D eigenvalue weighted by molar-refractivity contribution is -0.271. The zero-order chi connectivity index (χ0) is 18.1. The van der Waals surface area contributed by atoms with Gasteiger partial charge in [0, 0.05) is 32.4 Å². The molecular weight excluding hydrogens is 335 g/mol. The van der Waals surface area contributed by atoms with Crippen LogP contribution in [0, 0.1) is 0 Å². The largest absolute Gasteiger partial charge is 0.424 e. The van der Waals surface area contributed by atoms with E-state index in [0.717, 1.165) is 4.57 Å². The lowest BCUT2D eigenvalue weighted by Gasteiger charge is -2.30. The number of aryl methyl sites for hydroxylation is 1. The maximum absolute atomic E-state index is 13.4. The van der Waals surface area contributed by atoms with Crippen LogP contribution in [0.3, 0.4) is 0 Å². The van der Waals surface area contributed by atoms with Crippen LogP contribution in [-0.4, -0.2) is 37.3 Å². The molecule has 0 bridgehead atoms. The number of nitrogens with one attached hydrogen (secondary N) is 1. The van der Waals surface area contributed by atoms with Gasteiger partial charge in [-0.25, -0.2) is 9.97 Å². The first-order valence-corrected chi connectivity index (χ1v) is 7.54. The van der Waals surface area contributed by atoms with E-state index >= 15 is 0 Å². The van der Waals surface area contributed by atoms with Crippen LogP contribution < -0.4 is 5.32 Å². The Morgan fingerprint density at radius 2 is 1.88 bits per heavy atom. The van der Waals surface area contributed by atoms with Gasteiger partial charge < -0.3 is 15.0 Å². The predicted octanol–water partition coefficient (Wildman–Crippen LogP) is 2.62. The normalized spacial score (nSPS) is 14.4. The molecule has 2 heterocycles. The van der Waals surface area contributed by atoms with Crippen LogP contribution in [0.2, 0.25) is 0 Å². The summed E-state index contributed by atoms with van der Waals surface area (Å²) in [6, 6.07) is 7.16. The highest BCUT2D eigenvalue weighted by Crippen LogP contribution is 2.40. The van der Waals surface area contributed by atoms with E-state index in [9.17, 15) is 18.3 Å². The third kappa shape index (κ3) is 3.27. The number of fused-ring (bicyclic) bond motifs is 1. The minimum absolute atomic E-state index is 0.157. The fourth-order valence-corrected chi connectivity index (χ4v) is 2.56. The van der Waals surface area contributed by atoms with E-state index < -0.39 is 24.0 Å². The number of hydrogen-bond acceptors (Lipinski definition) is 5. The first-order chi connectivity index (χ1) is 11.8. The minimum atomic E-state index is -4.86. The number of hydrogen-bond donors (Lipinski definition) is 2. The summed E-state index contributed by atoms with van der Waals surface area (Å²) < 4.78 is 41.4. The van der Waals surface area contributed by atoms with E-state index in [2.05, 4.69) is 20.3 Å². The molecule has 0 amide bonds. The first-order valence-electron chi connectivity index (χ1n) is 7.54. The van der Waals surface area contributed by atoms with Gasteiger partial charge in [-0.2, -0.15) is 13.2 Å². The summed E-state index contributed by atoms with van der Waals surface area (Å²) in [6.45, 7) is -0.157. The number of halogens is 3. The molecule has 3 rings (SSSR count). The molecule has 0 saturated heterocycles. The second-order valence-corrected chi connectivity index (χ2v) is 5.64. The Bertz CT molecular complexity index is 879. The van der Waals surface area contributed by atoms with E-state index in [-0.39, 0.29) is 6.54 Å². The number of para-hydroxylation sites is 2. The summed E-state index contributed by atoms with van der Waals surface area (Å²) in [5, 5.41) is 13.0. The molecule has 3 aromatic rings. The Balaban J connectivity index is 1.76. The lowest BCUT2D eigenvalue weighted by atomic mass is 9.97. The highest BCUT2D eigenvalue weighted by Gasteiger charge is 2.57. The standard InChI is InChI=1S/C16H16F3N5O/c1-24-9-8-21-14(24)15(25,16(17,18)19)6-7-20-13-10-22-11-4-2-3-5-12(11)23-13/h2-5,8-10,25H,6-7H2,1H3,(H,20,23).